The van der Waals surface area contributed by atoms with Crippen molar-refractivity contribution in [2.24, 2.45) is 0 Å². The topological polar surface area (TPSA) is 108 Å². The molecule has 1 amide bonds. The lowest BCUT2D eigenvalue weighted by Gasteiger charge is -2.10. The number of hydrogen-bond acceptors (Lipinski definition) is 4. The predicted octanol–water partition coefficient (Wildman–Crippen LogP) is 4.57. The first-order chi connectivity index (χ1) is 15.7. The van der Waals surface area contributed by atoms with E-state index in [1.807, 2.05) is 0 Å². The number of pyridine rings is 1. The molecule has 0 atom stereocenters. The summed E-state index contributed by atoms with van der Waals surface area (Å²) >= 11 is 11.7. The second kappa shape index (κ2) is 9.27. The monoisotopic (exact) mass is 501 g/mol. The minimum absolute atomic E-state index is 0.0493. The van der Waals surface area contributed by atoms with Gasteiger partial charge >= 0.3 is 0 Å². The number of sulfonamides is 1. The van der Waals surface area contributed by atoms with E-state index in [-0.39, 0.29) is 28.1 Å². The molecule has 0 saturated carbocycles. The minimum Gasteiger partial charge on any atom is -0.360 e. The first-order valence-corrected chi connectivity index (χ1v) is 11.9. The predicted molar refractivity (Wildman–Crippen MR) is 129 cm³/mol. The van der Waals surface area contributed by atoms with Gasteiger partial charge in [-0.15, -0.1) is 0 Å². The highest BCUT2D eigenvalue weighted by Gasteiger charge is 2.16. The van der Waals surface area contributed by atoms with Crippen LogP contribution in [0.15, 0.2) is 82.6 Å². The summed E-state index contributed by atoms with van der Waals surface area (Å²) in [6.45, 7) is 0.235. The lowest BCUT2D eigenvalue weighted by Crippen LogP contribution is -2.28. The Morgan fingerprint density at radius 1 is 0.909 bits per heavy atom. The van der Waals surface area contributed by atoms with Crippen molar-refractivity contribution in [3.8, 4) is 0 Å². The molecule has 4 rings (SSSR count). The van der Waals surface area contributed by atoms with Crippen molar-refractivity contribution in [3.63, 3.8) is 0 Å². The van der Waals surface area contributed by atoms with Gasteiger partial charge in [-0.05, 0) is 60.2 Å². The highest BCUT2D eigenvalue weighted by Crippen LogP contribution is 2.21. The lowest BCUT2D eigenvalue weighted by atomic mass is 10.1. The van der Waals surface area contributed by atoms with Crippen LogP contribution in [0.2, 0.25) is 10.0 Å². The standard InChI is InChI=1S/C23H17Cl2N3O4S/c24-15-3-1-14(2-4-15)12-27-23(30)20-13-26-21-11-17(7-10-19(21)22(20)29)28-33(31,32)18-8-5-16(25)6-9-18/h1-11,13,28H,12H2,(H,26,29)(H,27,30). The van der Waals surface area contributed by atoms with Crippen LogP contribution in [0.3, 0.4) is 0 Å². The maximum absolute atomic E-state index is 12.8. The zero-order chi connectivity index (χ0) is 23.6. The summed E-state index contributed by atoms with van der Waals surface area (Å²) in [6.07, 6.45) is 1.30. The fraction of sp³-hybridized carbons (Fsp3) is 0.0435. The highest BCUT2D eigenvalue weighted by molar-refractivity contribution is 7.92. The van der Waals surface area contributed by atoms with Gasteiger partial charge in [0.05, 0.1) is 16.1 Å². The van der Waals surface area contributed by atoms with Gasteiger partial charge in [0.15, 0.2) is 0 Å². The Kier molecular flexibility index (Phi) is 6.42. The summed E-state index contributed by atoms with van der Waals surface area (Å²) < 4.78 is 27.6. The van der Waals surface area contributed by atoms with Crippen LogP contribution < -0.4 is 15.5 Å². The van der Waals surface area contributed by atoms with Crippen molar-refractivity contribution in [1.29, 1.82) is 0 Å². The molecule has 0 radical (unpaired) electrons. The Morgan fingerprint density at radius 2 is 1.55 bits per heavy atom. The molecule has 3 aromatic carbocycles. The van der Waals surface area contributed by atoms with Gasteiger partial charge < -0.3 is 10.3 Å². The van der Waals surface area contributed by atoms with E-state index < -0.39 is 21.4 Å². The van der Waals surface area contributed by atoms with Crippen LogP contribution in [0.4, 0.5) is 5.69 Å². The number of nitrogens with one attached hydrogen (secondary N) is 3. The number of aromatic nitrogens is 1. The third-order valence-corrected chi connectivity index (χ3v) is 6.77. The Balaban J connectivity index is 1.54. The number of carbonyl (C=O) groups excluding carboxylic acids is 1. The first kappa shape index (κ1) is 22.8. The van der Waals surface area contributed by atoms with Crippen LogP contribution in [0.25, 0.3) is 10.9 Å². The summed E-state index contributed by atoms with van der Waals surface area (Å²) in [5.74, 6) is -0.527. The molecule has 0 fully saturated rings. The molecule has 168 valence electrons. The zero-order valence-corrected chi connectivity index (χ0v) is 19.3. The van der Waals surface area contributed by atoms with E-state index in [1.54, 1.807) is 24.3 Å². The van der Waals surface area contributed by atoms with E-state index in [4.69, 9.17) is 23.2 Å². The molecule has 33 heavy (non-hydrogen) atoms. The highest BCUT2D eigenvalue weighted by atomic mass is 35.5. The van der Waals surface area contributed by atoms with Crippen molar-refractivity contribution in [2.75, 3.05) is 4.72 Å². The average Bonchev–Trinajstić information content (AvgIpc) is 2.79. The van der Waals surface area contributed by atoms with Crippen LogP contribution in [0, 0.1) is 0 Å². The van der Waals surface area contributed by atoms with Gasteiger partial charge in [0.25, 0.3) is 15.9 Å². The van der Waals surface area contributed by atoms with Crippen LogP contribution >= 0.6 is 23.2 Å². The van der Waals surface area contributed by atoms with E-state index in [1.165, 1.54) is 48.7 Å². The maximum atomic E-state index is 12.8. The van der Waals surface area contributed by atoms with E-state index in [0.717, 1.165) is 5.56 Å². The van der Waals surface area contributed by atoms with Crippen molar-refractivity contribution >= 4 is 55.7 Å². The normalized spacial score (nSPS) is 11.3. The molecule has 0 aliphatic heterocycles. The number of H-pyrrole nitrogens is 1. The van der Waals surface area contributed by atoms with Gasteiger partial charge in [0.1, 0.15) is 5.56 Å². The number of carbonyl (C=O) groups is 1. The molecule has 1 heterocycles. The van der Waals surface area contributed by atoms with Gasteiger partial charge in [0, 0.05) is 28.2 Å². The Hall–Kier alpha value is -3.33. The van der Waals surface area contributed by atoms with Gasteiger partial charge in [-0.3, -0.25) is 14.3 Å². The van der Waals surface area contributed by atoms with Gasteiger partial charge in [-0.25, -0.2) is 8.42 Å². The molecule has 3 N–H and O–H groups in total. The van der Waals surface area contributed by atoms with Gasteiger partial charge in [0.2, 0.25) is 5.43 Å². The van der Waals surface area contributed by atoms with E-state index in [2.05, 4.69) is 15.0 Å². The second-order valence-electron chi connectivity index (χ2n) is 7.16. The summed E-state index contributed by atoms with van der Waals surface area (Å²) in [5, 5.41) is 3.97. The van der Waals surface area contributed by atoms with Crippen LogP contribution in [0.5, 0.6) is 0 Å². The minimum atomic E-state index is -3.84. The van der Waals surface area contributed by atoms with E-state index in [0.29, 0.717) is 15.6 Å². The Bertz CT molecular complexity index is 1500. The molecule has 10 heteroatoms. The number of aromatic amines is 1. The number of benzene rings is 3. The number of hydrogen-bond donors (Lipinski definition) is 3. The molecule has 7 nitrogen and oxygen atoms in total. The fourth-order valence-corrected chi connectivity index (χ4v) is 4.46. The number of amides is 1. The maximum Gasteiger partial charge on any atom is 0.261 e. The molecule has 0 spiro atoms. The number of fused-ring (bicyclic) bond motifs is 1. The molecule has 0 aliphatic carbocycles. The summed E-state index contributed by atoms with van der Waals surface area (Å²) in [7, 11) is -3.84. The third-order valence-electron chi connectivity index (χ3n) is 4.87. The first-order valence-electron chi connectivity index (χ1n) is 9.69. The van der Waals surface area contributed by atoms with Gasteiger partial charge in [-0.1, -0.05) is 35.3 Å². The largest absolute Gasteiger partial charge is 0.360 e. The van der Waals surface area contributed by atoms with Crippen molar-refractivity contribution in [1.82, 2.24) is 10.3 Å². The molecule has 4 aromatic rings. The Morgan fingerprint density at radius 3 is 2.21 bits per heavy atom. The molecule has 0 bridgehead atoms. The van der Waals surface area contributed by atoms with E-state index >= 15 is 0 Å². The molecular formula is C23H17Cl2N3O4S. The zero-order valence-electron chi connectivity index (χ0n) is 16.9. The molecule has 1 aromatic heterocycles. The summed E-state index contributed by atoms with van der Waals surface area (Å²) in [4.78, 5) is 28.3. The summed E-state index contributed by atoms with van der Waals surface area (Å²) in [5.41, 5.74) is 0.955. The third kappa shape index (κ3) is 5.19. The van der Waals surface area contributed by atoms with Gasteiger partial charge in [-0.2, -0.15) is 0 Å². The van der Waals surface area contributed by atoms with Crippen LogP contribution in [0.1, 0.15) is 15.9 Å². The average molecular weight is 502 g/mol. The molecule has 0 aliphatic rings. The van der Waals surface area contributed by atoms with Crippen LogP contribution in [-0.4, -0.2) is 19.3 Å². The summed E-state index contributed by atoms with van der Waals surface area (Å²) in [6, 6.07) is 17.1. The van der Waals surface area contributed by atoms with Crippen molar-refractivity contribution < 1.29 is 13.2 Å². The number of rotatable bonds is 6. The number of halogens is 2. The molecular weight excluding hydrogens is 485 g/mol. The van der Waals surface area contributed by atoms with Crippen molar-refractivity contribution in [2.45, 2.75) is 11.4 Å². The SMILES string of the molecule is O=C(NCc1ccc(Cl)cc1)c1c[nH]c2cc(NS(=O)(=O)c3ccc(Cl)cc3)ccc2c1=O. The van der Waals surface area contributed by atoms with Crippen molar-refractivity contribution in [3.05, 3.63) is 104 Å². The Labute approximate surface area is 199 Å². The quantitative estimate of drug-likeness (QED) is 0.359. The smallest absolute Gasteiger partial charge is 0.261 e. The second-order valence-corrected chi connectivity index (χ2v) is 9.72. The van der Waals surface area contributed by atoms with Crippen LogP contribution in [-0.2, 0) is 16.6 Å². The van der Waals surface area contributed by atoms with E-state index in [9.17, 15) is 18.0 Å². The molecule has 0 unspecified atom stereocenters. The lowest BCUT2D eigenvalue weighted by molar-refractivity contribution is 0.0949. The number of anilines is 1. The molecule has 0 saturated heterocycles. The fourth-order valence-electron chi connectivity index (χ4n) is 3.16.